The second kappa shape index (κ2) is 7.58. The summed E-state index contributed by atoms with van der Waals surface area (Å²) in [5.74, 6) is 1.90. The Bertz CT molecular complexity index is 1050. The maximum atomic E-state index is 5.46. The topological polar surface area (TPSA) is 43.5 Å². The molecule has 0 aliphatic carbocycles. The number of aromatic nitrogens is 1. The number of benzene rings is 2. The summed E-state index contributed by atoms with van der Waals surface area (Å²) in [5.41, 5.74) is 2.35. The van der Waals surface area contributed by atoms with Gasteiger partial charge < -0.3 is 19.2 Å². The smallest absolute Gasteiger partial charge is 0.203 e. The van der Waals surface area contributed by atoms with Crippen LogP contribution < -0.4 is 14.2 Å². The van der Waals surface area contributed by atoms with Crippen LogP contribution in [0, 0.1) is 0 Å². The number of methoxy groups -OCH3 is 3. The molecular formula is C21H19NO3S2. The van der Waals surface area contributed by atoms with Gasteiger partial charge in [0.05, 0.1) is 21.3 Å². The maximum absolute atomic E-state index is 5.46. The van der Waals surface area contributed by atoms with E-state index in [2.05, 4.69) is 40.7 Å². The Morgan fingerprint density at radius 2 is 1.70 bits per heavy atom. The van der Waals surface area contributed by atoms with Crippen LogP contribution in [0.15, 0.2) is 63.8 Å². The average molecular weight is 398 g/mol. The summed E-state index contributed by atoms with van der Waals surface area (Å²) in [4.78, 5) is 6.83. The number of hydrogen-bond donors (Lipinski definition) is 1. The molecular weight excluding hydrogens is 378 g/mol. The first-order valence-electron chi connectivity index (χ1n) is 8.36. The lowest BCUT2D eigenvalue weighted by molar-refractivity contribution is 0.323. The molecule has 0 bridgehead atoms. The van der Waals surface area contributed by atoms with Crippen LogP contribution in [-0.2, 0) is 0 Å². The van der Waals surface area contributed by atoms with Crippen molar-refractivity contribution in [2.24, 2.45) is 0 Å². The van der Waals surface area contributed by atoms with Crippen LogP contribution in [0.1, 0.15) is 0 Å². The van der Waals surface area contributed by atoms with Crippen molar-refractivity contribution in [2.75, 3.05) is 21.3 Å². The minimum atomic E-state index is 0.601. The Balaban J connectivity index is 1.69. The molecule has 0 saturated heterocycles. The van der Waals surface area contributed by atoms with Gasteiger partial charge in [-0.3, -0.25) is 0 Å². The molecule has 2 aromatic heterocycles. The number of rotatable bonds is 6. The molecule has 2 aromatic carbocycles. The predicted octanol–water partition coefficient (Wildman–Crippen LogP) is 6.07. The van der Waals surface area contributed by atoms with Crippen LogP contribution in [0.3, 0.4) is 0 Å². The summed E-state index contributed by atoms with van der Waals surface area (Å²) in [5, 5.41) is 3.29. The van der Waals surface area contributed by atoms with Crippen molar-refractivity contribution in [1.29, 1.82) is 0 Å². The van der Waals surface area contributed by atoms with E-state index in [1.807, 2.05) is 18.3 Å². The summed E-state index contributed by atoms with van der Waals surface area (Å²) >= 11 is 3.41. The molecule has 2 heterocycles. The van der Waals surface area contributed by atoms with E-state index in [4.69, 9.17) is 14.2 Å². The Morgan fingerprint density at radius 3 is 2.33 bits per heavy atom. The van der Waals surface area contributed by atoms with Crippen LogP contribution in [-0.4, -0.2) is 26.3 Å². The van der Waals surface area contributed by atoms with Crippen molar-refractivity contribution < 1.29 is 14.2 Å². The van der Waals surface area contributed by atoms with E-state index in [-0.39, 0.29) is 0 Å². The van der Waals surface area contributed by atoms with Gasteiger partial charge in [0.1, 0.15) is 0 Å². The molecule has 0 aliphatic heterocycles. The number of thiophene rings is 1. The molecule has 4 nitrogen and oxygen atoms in total. The van der Waals surface area contributed by atoms with Crippen LogP contribution in [0.25, 0.3) is 21.3 Å². The fourth-order valence-electron chi connectivity index (χ4n) is 3.02. The van der Waals surface area contributed by atoms with E-state index in [1.165, 1.54) is 15.8 Å². The molecule has 27 heavy (non-hydrogen) atoms. The van der Waals surface area contributed by atoms with Crippen molar-refractivity contribution in [1.82, 2.24) is 4.98 Å². The quantitative estimate of drug-likeness (QED) is 0.429. The highest BCUT2D eigenvalue weighted by Gasteiger charge is 2.15. The Morgan fingerprint density at radius 1 is 0.926 bits per heavy atom. The van der Waals surface area contributed by atoms with Gasteiger partial charge in [-0.05, 0) is 35.2 Å². The van der Waals surface area contributed by atoms with E-state index < -0.39 is 0 Å². The molecule has 0 spiro atoms. The Labute approximate surface area is 166 Å². The summed E-state index contributed by atoms with van der Waals surface area (Å²) in [6.07, 6.45) is 2.04. The molecule has 0 atom stereocenters. The van der Waals surface area contributed by atoms with Gasteiger partial charge in [-0.15, -0.1) is 11.3 Å². The van der Waals surface area contributed by atoms with E-state index in [9.17, 15) is 0 Å². The van der Waals surface area contributed by atoms with Crippen molar-refractivity contribution in [3.05, 3.63) is 54.0 Å². The second-order valence-corrected chi connectivity index (χ2v) is 7.92. The molecule has 6 heteroatoms. The van der Waals surface area contributed by atoms with Gasteiger partial charge in [0.25, 0.3) is 0 Å². The molecule has 0 amide bonds. The first-order chi connectivity index (χ1) is 13.2. The monoisotopic (exact) mass is 397 g/mol. The van der Waals surface area contributed by atoms with Crippen LogP contribution >= 0.6 is 23.1 Å². The highest BCUT2D eigenvalue weighted by Crippen LogP contribution is 2.44. The summed E-state index contributed by atoms with van der Waals surface area (Å²) in [6.45, 7) is 0. The lowest BCUT2D eigenvalue weighted by atomic mass is 10.1. The first-order valence-corrected chi connectivity index (χ1v) is 10.1. The van der Waals surface area contributed by atoms with Gasteiger partial charge in [0, 0.05) is 31.8 Å². The zero-order valence-electron chi connectivity index (χ0n) is 15.2. The maximum Gasteiger partial charge on any atom is 0.203 e. The number of H-pyrrole nitrogens is 1. The van der Waals surface area contributed by atoms with Gasteiger partial charge in [-0.1, -0.05) is 30.0 Å². The van der Waals surface area contributed by atoms with Crippen molar-refractivity contribution in [3.63, 3.8) is 0 Å². The molecule has 138 valence electrons. The fourth-order valence-corrected chi connectivity index (χ4v) is 4.74. The third-order valence-corrected chi connectivity index (χ3v) is 6.26. The van der Waals surface area contributed by atoms with Gasteiger partial charge in [-0.2, -0.15) is 0 Å². The molecule has 0 radical (unpaired) electrons. The lowest BCUT2D eigenvalue weighted by Gasteiger charge is -2.13. The van der Waals surface area contributed by atoms with E-state index >= 15 is 0 Å². The number of nitrogens with one attached hydrogen (secondary N) is 1. The Kier molecular flexibility index (Phi) is 5.01. The van der Waals surface area contributed by atoms with Gasteiger partial charge in [0.2, 0.25) is 5.75 Å². The highest BCUT2D eigenvalue weighted by molar-refractivity contribution is 7.99. The molecule has 0 fully saturated rings. The highest BCUT2D eigenvalue weighted by atomic mass is 32.2. The van der Waals surface area contributed by atoms with Gasteiger partial charge in [-0.25, -0.2) is 0 Å². The summed E-state index contributed by atoms with van der Waals surface area (Å²) in [6, 6.07) is 14.7. The largest absolute Gasteiger partial charge is 0.493 e. The van der Waals surface area contributed by atoms with Crippen LogP contribution in [0.5, 0.6) is 17.2 Å². The number of fused-ring (bicyclic) bond motifs is 1. The molecule has 0 unspecified atom stereocenters. The third-order valence-electron chi connectivity index (χ3n) is 4.32. The minimum Gasteiger partial charge on any atom is -0.493 e. The minimum absolute atomic E-state index is 0.601. The molecule has 4 aromatic rings. The van der Waals surface area contributed by atoms with E-state index in [1.54, 1.807) is 44.4 Å². The molecule has 0 aliphatic rings. The molecule has 0 saturated carbocycles. The zero-order valence-corrected chi connectivity index (χ0v) is 16.9. The summed E-state index contributed by atoms with van der Waals surface area (Å²) < 4.78 is 16.3. The normalized spacial score (nSPS) is 10.9. The van der Waals surface area contributed by atoms with Crippen LogP contribution in [0.2, 0.25) is 0 Å². The zero-order chi connectivity index (χ0) is 18.8. The van der Waals surface area contributed by atoms with Gasteiger partial charge in [0.15, 0.2) is 11.5 Å². The first kappa shape index (κ1) is 17.8. The third kappa shape index (κ3) is 3.38. The second-order valence-electron chi connectivity index (χ2n) is 5.85. The molecule has 1 N–H and O–H groups in total. The lowest BCUT2D eigenvalue weighted by Crippen LogP contribution is -1.95. The fraction of sp³-hybridized carbons (Fsp3) is 0.143. The molecule has 4 rings (SSSR count). The number of aromatic amines is 1. The van der Waals surface area contributed by atoms with Gasteiger partial charge >= 0.3 is 0 Å². The summed E-state index contributed by atoms with van der Waals surface area (Å²) in [7, 11) is 4.87. The number of hydrogen-bond acceptors (Lipinski definition) is 5. The van der Waals surface area contributed by atoms with Crippen molar-refractivity contribution >= 4 is 34.0 Å². The van der Waals surface area contributed by atoms with E-state index in [0.717, 1.165) is 15.3 Å². The SMILES string of the molecule is COc1cc(Sc2c[nH]c3cc(-c4cccs4)ccc23)cc(OC)c1OC. The van der Waals surface area contributed by atoms with E-state index in [0.29, 0.717) is 17.2 Å². The van der Waals surface area contributed by atoms with Crippen molar-refractivity contribution in [3.8, 4) is 27.7 Å². The standard InChI is InChI=1S/C21H19NO3S2/c1-23-17-10-14(11-18(24-2)21(17)25-3)27-20-12-22-16-9-13(6-7-15(16)20)19-5-4-8-26-19/h4-12,22H,1-3H3. The predicted molar refractivity (Wildman–Crippen MR) is 112 cm³/mol. The van der Waals surface area contributed by atoms with Crippen molar-refractivity contribution in [2.45, 2.75) is 9.79 Å². The van der Waals surface area contributed by atoms with Crippen LogP contribution in [0.4, 0.5) is 0 Å². The Hall–Kier alpha value is -2.57. The number of ether oxygens (including phenoxy) is 3. The average Bonchev–Trinajstić information content (AvgIpc) is 3.37.